The number of carbonyl (C=O) groups is 1. The number of rotatable bonds is 9. The fourth-order valence-corrected chi connectivity index (χ4v) is 3.05. The standard InChI is InChI=1S/C21H28N4O3/c1-27-19-4-2-17(3-5-19)6-8-22-18-7-9-23-20(16-18)21(26)24-10-11-25-12-14-28-15-13-25/h2-5,7,9,16H,6,8,10-15H2,1H3,(H,22,23)(H,24,26). The minimum atomic E-state index is -0.146. The molecular formula is C21H28N4O3. The summed E-state index contributed by atoms with van der Waals surface area (Å²) in [5.41, 5.74) is 2.54. The van der Waals surface area contributed by atoms with Crippen molar-refractivity contribution < 1.29 is 14.3 Å². The smallest absolute Gasteiger partial charge is 0.269 e. The van der Waals surface area contributed by atoms with E-state index in [1.54, 1.807) is 19.4 Å². The Morgan fingerprint density at radius 3 is 2.71 bits per heavy atom. The molecule has 0 aliphatic carbocycles. The minimum Gasteiger partial charge on any atom is -0.497 e. The molecule has 0 bridgehead atoms. The summed E-state index contributed by atoms with van der Waals surface area (Å²) >= 11 is 0. The first-order chi connectivity index (χ1) is 13.7. The highest BCUT2D eigenvalue weighted by Crippen LogP contribution is 2.13. The van der Waals surface area contributed by atoms with Gasteiger partial charge in [0.25, 0.3) is 5.91 Å². The summed E-state index contributed by atoms with van der Waals surface area (Å²) in [7, 11) is 1.66. The number of amides is 1. The Morgan fingerprint density at radius 1 is 1.18 bits per heavy atom. The van der Waals surface area contributed by atoms with Crippen LogP contribution in [0.5, 0.6) is 5.75 Å². The number of nitrogens with one attached hydrogen (secondary N) is 2. The van der Waals surface area contributed by atoms with Gasteiger partial charge in [0.1, 0.15) is 11.4 Å². The maximum Gasteiger partial charge on any atom is 0.269 e. The van der Waals surface area contributed by atoms with E-state index >= 15 is 0 Å². The van der Waals surface area contributed by atoms with Crippen LogP contribution in [0.1, 0.15) is 16.1 Å². The van der Waals surface area contributed by atoms with Crippen LogP contribution in [0.25, 0.3) is 0 Å². The Kier molecular flexibility index (Phi) is 7.63. The fraction of sp³-hybridized carbons (Fsp3) is 0.429. The number of hydrogen-bond acceptors (Lipinski definition) is 6. The Bertz CT molecular complexity index is 746. The van der Waals surface area contributed by atoms with Gasteiger partial charge in [-0.1, -0.05) is 12.1 Å². The molecule has 7 nitrogen and oxygen atoms in total. The summed E-state index contributed by atoms with van der Waals surface area (Å²) in [6.45, 7) is 5.57. The van der Waals surface area contributed by atoms with Crippen molar-refractivity contribution in [2.75, 3.05) is 58.4 Å². The monoisotopic (exact) mass is 384 g/mol. The number of carbonyl (C=O) groups excluding carboxylic acids is 1. The second-order valence-electron chi connectivity index (χ2n) is 6.66. The third-order valence-corrected chi connectivity index (χ3v) is 4.71. The van der Waals surface area contributed by atoms with Crippen LogP contribution in [0.3, 0.4) is 0 Å². The Balaban J connectivity index is 1.42. The molecule has 1 aromatic carbocycles. The van der Waals surface area contributed by atoms with Gasteiger partial charge in [-0.15, -0.1) is 0 Å². The zero-order valence-electron chi connectivity index (χ0n) is 16.3. The van der Waals surface area contributed by atoms with Crippen LogP contribution < -0.4 is 15.4 Å². The van der Waals surface area contributed by atoms with E-state index in [0.29, 0.717) is 12.2 Å². The molecule has 1 saturated heterocycles. The molecular weight excluding hydrogens is 356 g/mol. The first-order valence-electron chi connectivity index (χ1n) is 9.66. The maximum atomic E-state index is 12.3. The second-order valence-corrected chi connectivity index (χ2v) is 6.66. The van der Waals surface area contributed by atoms with Gasteiger partial charge in [0.05, 0.1) is 20.3 Å². The summed E-state index contributed by atoms with van der Waals surface area (Å²) in [5.74, 6) is 0.710. The number of methoxy groups -OCH3 is 1. The Labute approximate surface area is 166 Å². The van der Waals surface area contributed by atoms with Crippen molar-refractivity contribution in [3.8, 4) is 5.75 Å². The Hall–Kier alpha value is -2.64. The van der Waals surface area contributed by atoms with Gasteiger partial charge in [0.2, 0.25) is 0 Å². The number of nitrogens with zero attached hydrogens (tertiary/aromatic N) is 2. The van der Waals surface area contributed by atoms with Crippen molar-refractivity contribution in [3.63, 3.8) is 0 Å². The van der Waals surface area contributed by atoms with Gasteiger partial charge in [-0.3, -0.25) is 14.7 Å². The number of hydrogen-bond donors (Lipinski definition) is 2. The molecule has 1 aromatic heterocycles. The number of anilines is 1. The van der Waals surface area contributed by atoms with Gasteiger partial charge in [-0.25, -0.2) is 0 Å². The lowest BCUT2D eigenvalue weighted by molar-refractivity contribution is 0.0383. The van der Waals surface area contributed by atoms with E-state index in [-0.39, 0.29) is 5.91 Å². The largest absolute Gasteiger partial charge is 0.497 e. The molecule has 2 heterocycles. The topological polar surface area (TPSA) is 75.7 Å². The molecule has 150 valence electrons. The number of aromatic nitrogens is 1. The fourth-order valence-electron chi connectivity index (χ4n) is 3.05. The van der Waals surface area contributed by atoms with Crippen molar-refractivity contribution >= 4 is 11.6 Å². The summed E-state index contributed by atoms with van der Waals surface area (Å²) in [4.78, 5) is 18.8. The molecule has 1 fully saturated rings. The molecule has 2 aromatic rings. The molecule has 7 heteroatoms. The van der Waals surface area contributed by atoms with Gasteiger partial charge in [0, 0.05) is 44.6 Å². The van der Waals surface area contributed by atoms with E-state index in [4.69, 9.17) is 9.47 Å². The van der Waals surface area contributed by atoms with E-state index in [2.05, 4.69) is 32.7 Å². The van der Waals surface area contributed by atoms with Crippen LogP contribution >= 0.6 is 0 Å². The van der Waals surface area contributed by atoms with E-state index in [1.165, 1.54) is 5.56 Å². The van der Waals surface area contributed by atoms with E-state index in [1.807, 2.05) is 18.2 Å². The van der Waals surface area contributed by atoms with Crippen LogP contribution in [0.2, 0.25) is 0 Å². The average Bonchev–Trinajstić information content (AvgIpc) is 2.75. The lowest BCUT2D eigenvalue weighted by Gasteiger charge is -2.26. The van der Waals surface area contributed by atoms with E-state index in [9.17, 15) is 4.79 Å². The SMILES string of the molecule is COc1ccc(CCNc2ccnc(C(=O)NCCN3CCOCC3)c2)cc1. The van der Waals surface area contributed by atoms with Crippen molar-refractivity contribution in [2.45, 2.75) is 6.42 Å². The molecule has 0 spiro atoms. The van der Waals surface area contributed by atoms with Crippen LogP contribution in [0.15, 0.2) is 42.6 Å². The third kappa shape index (κ3) is 6.21. The predicted octanol–water partition coefficient (Wildman–Crippen LogP) is 1.81. The number of ether oxygens (including phenoxy) is 2. The molecule has 3 rings (SSSR count). The summed E-state index contributed by atoms with van der Waals surface area (Å²) in [6, 6.07) is 11.7. The van der Waals surface area contributed by atoms with E-state index < -0.39 is 0 Å². The van der Waals surface area contributed by atoms with Gasteiger partial charge < -0.3 is 20.1 Å². The summed E-state index contributed by atoms with van der Waals surface area (Å²) in [6.07, 6.45) is 2.54. The second kappa shape index (κ2) is 10.6. The zero-order valence-corrected chi connectivity index (χ0v) is 16.3. The number of pyridine rings is 1. The molecule has 1 aliphatic heterocycles. The highest BCUT2D eigenvalue weighted by Gasteiger charge is 2.11. The summed E-state index contributed by atoms with van der Waals surface area (Å²) in [5, 5.41) is 6.29. The molecule has 0 radical (unpaired) electrons. The average molecular weight is 384 g/mol. The Morgan fingerprint density at radius 2 is 1.96 bits per heavy atom. The van der Waals surface area contributed by atoms with Gasteiger partial charge in [-0.05, 0) is 36.2 Å². The van der Waals surface area contributed by atoms with E-state index in [0.717, 1.165) is 57.3 Å². The molecule has 0 saturated carbocycles. The molecule has 2 N–H and O–H groups in total. The lowest BCUT2D eigenvalue weighted by atomic mass is 10.1. The minimum absolute atomic E-state index is 0.146. The first kappa shape index (κ1) is 20.1. The maximum absolute atomic E-state index is 12.3. The first-order valence-corrected chi connectivity index (χ1v) is 9.66. The lowest BCUT2D eigenvalue weighted by Crippen LogP contribution is -2.41. The van der Waals surface area contributed by atoms with Gasteiger partial charge >= 0.3 is 0 Å². The van der Waals surface area contributed by atoms with Gasteiger partial charge in [-0.2, -0.15) is 0 Å². The zero-order chi connectivity index (χ0) is 19.6. The van der Waals surface area contributed by atoms with Gasteiger partial charge in [0.15, 0.2) is 0 Å². The molecule has 0 atom stereocenters. The number of benzene rings is 1. The predicted molar refractivity (Wildman–Crippen MR) is 109 cm³/mol. The normalized spacial score (nSPS) is 14.5. The number of morpholine rings is 1. The van der Waals surface area contributed by atoms with Crippen molar-refractivity contribution in [2.24, 2.45) is 0 Å². The molecule has 1 amide bonds. The summed E-state index contributed by atoms with van der Waals surface area (Å²) < 4.78 is 10.5. The van der Waals surface area contributed by atoms with Crippen molar-refractivity contribution in [1.29, 1.82) is 0 Å². The van der Waals surface area contributed by atoms with Crippen molar-refractivity contribution in [1.82, 2.24) is 15.2 Å². The van der Waals surface area contributed by atoms with Crippen LogP contribution in [0, 0.1) is 0 Å². The molecule has 1 aliphatic rings. The third-order valence-electron chi connectivity index (χ3n) is 4.71. The highest BCUT2D eigenvalue weighted by atomic mass is 16.5. The van der Waals surface area contributed by atoms with Crippen LogP contribution in [-0.2, 0) is 11.2 Å². The highest BCUT2D eigenvalue weighted by molar-refractivity contribution is 5.93. The quantitative estimate of drug-likeness (QED) is 0.687. The van der Waals surface area contributed by atoms with Crippen LogP contribution in [0.4, 0.5) is 5.69 Å². The molecule has 28 heavy (non-hydrogen) atoms. The molecule has 0 unspecified atom stereocenters. The van der Waals surface area contributed by atoms with Crippen molar-refractivity contribution in [3.05, 3.63) is 53.9 Å². The van der Waals surface area contributed by atoms with Crippen LogP contribution in [-0.4, -0.2) is 68.8 Å².